The molecule has 12 nitrogen and oxygen atoms in total. The van der Waals surface area contributed by atoms with E-state index in [1.54, 1.807) is 51.1 Å². The molecule has 1 aliphatic heterocycles. The molecule has 0 spiro atoms. The van der Waals surface area contributed by atoms with Crippen LogP contribution in [0.25, 0.3) is 0 Å². The van der Waals surface area contributed by atoms with Gasteiger partial charge >= 0.3 is 5.97 Å². The summed E-state index contributed by atoms with van der Waals surface area (Å²) in [7, 11) is 0. The lowest BCUT2D eigenvalue weighted by molar-refractivity contribution is -0.147. The molecule has 2 aromatic rings. The van der Waals surface area contributed by atoms with Crippen LogP contribution in [0.4, 0.5) is 0 Å². The summed E-state index contributed by atoms with van der Waals surface area (Å²) in [6.45, 7) is 15.2. The summed E-state index contributed by atoms with van der Waals surface area (Å²) in [5, 5.41) is 12.6. The van der Waals surface area contributed by atoms with Crippen molar-refractivity contribution in [3.05, 3.63) is 72.3 Å². The number of nitrogens with one attached hydrogen (secondary N) is 1. The molecule has 3 rings (SSSR count). The first-order chi connectivity index (χ1) is 25.1. The number of amides is 2. The molecule has 0 saturated carbocycles. The van der Waals surface area contributed by atoms with Crippen molar-refractivity contribution in [1.82, 2.24) is 20.2 Å². The average molecular weight is 731 g/mol. The molecule has 0 bridgehead atoms. The highest BCUT2D eigenvalue weighted by Crippen LogP contribution is 2.35. The third-order valence-corrected chi connectivity index (χ3v) is 10.1. The van der Waals surface area contributed by atoms with Crippen LogP contribution in [0.3, 0.4) is 0 Å². The van der Waals surface area contributed by atoms with Crippen molar-refractivity contribution in [1.29, 1.82) is 0 Å². The molecule has 2 N–H and O–H groups in total. The molecule has 286 valence electrons. The number of rotatable bonds is 21. The largest absolute Gasteiger partial charge is 0.481 e. The van der Waals surface area contributed by atoms with Gasteiger partial charge in [-0.15, -0.1) is 0 Å². The Labute approximate surface area is 312 Å². The topological polar surface area (TPSA) is 181 Å². The summed E-state index contributed by atoms with van der Waals surface area (Å²) in [5.74, 6) is -8.30. The summed E-state index contributed by atoms with van der Waals surface area (Å²) in [4.78, 5) is 103. The Morgan fingerprint density at radius 3 is 2.17 bits per heavy atom. The van der Waals surface area contributed by atoms with Gasteiger partial charge in [0.25, 0.3) is 5.91 Å². The molecule has 0 aliphatic carbocycles. The predicted molar refractivity (Wildman–Crippen MR) is 198 cm³/mol. The fourth-order valence-electron chi connectivity index (χ4n) is 7.10. The summed E-state index contributed by atoms with van der Waals surface area (Å²) < 4.78 is 0. The lowest BCUT2D eigenvalue weighted by atomic mass is 9.82. The first-order valence-electron chi connectivity index (χ1n) is 18.5. The number of carbonyl (C=O) groups is 7. The Balaban J connectivity index is 1.80. The van der Waals surface area contributed by atoms with E-state index in [0.29, 0.717) is 18.4 Å². The Morgan fingerprint density at radius 2 is 1.62 bits per heavy atom. The maximum absolute atomic E-state index is 14.3. The van der Waals surface area contributed by atoms with Crippen LogP contribution >= 0.6 is 0 Å². The number of hydrogen-bond donors (Lipinski definition) is 2. The van der Waals surface area contributed by atoms with Crippen LogP contribution in [0.2, 0.25) is 0 Å². The fraction of sp³-hybridized carbons (Fsp3) is 0.537. The van der Waals surface area contributed by atoms with Crippen LogP contribution in [0, 0.1) is 35.5 Å². The fourth-order valence-corrected chi connectivity index (χ4v) is 7.10. The van der Waals surface area contributed by atoms with E-state index in [1.807, 2.05) is 20.8 Å². The van der Waals surface area contributed by atoms with Gasteiger partial charge in [-0.25, -0.2) is 4.98 Å². The molecule has 1 aromatic carbocycles. The maximum atomic E-state index is 14.3. The van der Waals surface area contributed by atoms with Crippen LogP contribution in [-0.4, -0.2) is 79.5 Å². The molecular weight excluding hydrogens is 676 g/mol. The van der Waals surface area contributed by atoms with Crippen LogP contribution in [0.1, 0.15) is 96.1 Å². The first kappa shape index (κ1) is 42.5. The smallest absolute Gasteiger partial charge is 0.307 e. The highest BCUT2D eigenvalue weighted by molar-refractivity contribution is 6.38. The summed E-state index contributed by atoms with van der Waals surface area (Å²) in [6, 6.07) is 7.01. The maximum Gasteiger partial charge on any atom is 0.307 e. The molecule has 2 amide bonds. The van der Waals surface area contributed by atoms with Crippen molar-refractivity contribution in [2.24, 2.45) is 35.5 Å². The quantitative estimate of drug-likeness (QED) is 0.130. The van der Waals surface area contributed by atoms with Gasteiger partial charge in [0, 0.05) is 56.0 Å². The zero-order chi connectivity index (χ0) is 39.4. The number of carbonyl (C=O) groups excluding carboxylic acids is 6. The standard InChI is InChI=1S/C41H54N4O8/c1-8-12-28(38(49)35(48)21-29(41(52)53)19-27-13-10-9-11-14-27)20-34(47)37-30(24(2)3)15-18-45(37)40(51)31(25(4)5)22-33(46)36(26(6)7)44-39(50)32-23-42-16-17-43-32/h9-11,13-14,16-17,23,25-26,28-31,36-37H,2,8,12,15,18-22H2,1,3-7H3,(H,44,50)(H,52,53)/t28?,29-,30-,31+,36+,37+/m1/s1. The van der Waals surface area contributed by atoms with E-state index in [4.69, 9.17) is 0 Å². The molecule has 1 unspecified atom stereocenters. The number of carboxylic acid groups (broad SMARTS) is 1. The van der Waals surface area contributed by atoms with Gasteiger partial charge in [0.15, 0.2) is 17.3 Å². The van der Waals surface area contributed by atoms with Gasteiger partial charge in [-0.1, -0.05) is 83.5 Å². The highest BCUT2D eigenvalue weighted by Gasteiger charge is 2.46. The Hall–Kier alpha value is -4.87. The highest BCUT2D eigenvalue weighted by atomic mass is 16.4. The van der Waals surface area contributed by atoms with Crippen molar-refractivity contribution >= 4 is 40.9 Å². The number of carboxylic acids is 1. The van der Waals surface area contributed by atoms with Gasteiger partial charge < -0.3 is 15.3 Å². The molecule has 53 heavy (non-hydrogen) atoms. The van der Waals surface area contributed by atoms with Gasteiger partial charge in [0.05, 0.1) is 24.2 Å². The molecule has 1 saturated heterocycles. The second kappa shape index (κ2) is 19.8. The second-order valence-corrected chi connectivity index (χ2v) is 14.9. The van der Waals surface area contributed by atoms with E-state index in [-0.39, 0.29) is 73.1 Å². The second-order valence-electron chi connectivity index (χ2n) is 14.9. The Kier molecular flexibility index (Phi) is 15.9. The van der Waals surface area contributed by atoms with Crippen molar-refractivity contribution in [3.63, 3.8) is 0 Å². The number of aromatic nitrogens is 2. The van der Waals surface area contributed by atoms with Gasteiger partial charge in [-0.2, -0.15) is 0 Å². The minimum Gasteiger partial charge on any atom is -0.481 e. The number of nitrogens with zero attached hydrogens (tertiary/aromatic N) is 3. The lowest BCUT2D eigenvalue weighted by Gasteiger charge is -2.33. The predicted octanol–water partition coefficient (Wildman–Crippen LogP) is 5.10. The Morgan fingerprint density at radius 1 is 0.943 bits per heavy atom. The number of benzene rings is 1. The molecule has 6 atom stereocenters. The molecular formula is C41H54N4O8. The monoisotopic (exact) mass is 730 g/mol. The van der Waals surface area contributed by atoms with Gasteiger partial charge in [0.1, 0.15) is 5.69 Å². The van der Waals surface area contributed by atoms with Crippen molar-refractivity contribution in [3.8, 4) is 0 Å². The zero-order valence-electron chi connectivity index (χ0n) is 31.7. The van der Waals surface area contributed by atoms with Crippen molar-refractivity contribution < 1.29 is 38.7 Å². The minimum atomic E-state index is -1.19. The molecule has 2 heterocycles. The number of Topliss-reactive ketones (excluding diaryl/α,β-unsaturated/α-hetero) is 4. The van der Waals surface area contributed by atoms with Crippen LogP contribution in [-0.2, 0) is 35.2 Å². The van der Waals surface area contributed by atoms with Gasteiger partial charge in [0.2, 0.25) is 11.7 Å². The zero-order valence-corrected chi connectivity index (χ0v) is 31.7. The lowest BCUT2D eigenvalue weighted by Crippen LogP contribution is -2.50. The van der Waals surface area contributed by atoms with E-state index >= 15 is 0 Å². The third-order valence-electron chi connectivity index (χ3n) is 10.1. The van der Waals surface area contributed by atoms with E-state index in [0.717, 1.165) is 5.56 Å². The number of aliphatic carboxylic acids is 1. The van der Waals surface area contributed by atoms with E-state index in [1.165, 1.54) is 23.5 Å². The van der Waals surface area contributed by atoms with Crippen LogP contribution in [0.5, 0.6) is 0 Å². The van der Waals surface area contributed by atoms with E-state index in [9.17, 15) is 38.7 Å². The van der Waals surface area contributed by atoms with Crippen LogP contribution in [0.15, 0.2) is 61.1 Å². The SMILES string of the molecule is C=C(C)[C@H]1CCN(C(=O)[C@@H](CC(=O)[C@@H](NC(=O)c2cnccn2)C(C)C)C(C)C)[C@@H]1C(=O)CC(CCC)C(=O)C(=O)C[C@@H](Cc1ccccc1)C(=O)O. The van der Waals surface area contributed by atoms with Gasteiger partial charge in [-0.3, -0.25) is 38.5 Å². The molecule has 1 fully saturated rings. The van der Waals surface area contributed by atoms with E-state index in [2.05, 4.69) is 21.9 Å². The van der Waals surface area contributed by atoms with Crippen molar-refractivity contribution in [2.75, 3.05) is 6.54 Å². The summed E-state index contributed by atoms with van der Waals surface area (Å²) >= 11 is 0. The van der Waals surface area contributed by atoms with Crippen LogP contribution < -0.4 is 5.32 Å². The average Bonchev–Trinajstić information content (AvgIpc) is 3.58. The molecule has 12 heteroatoms. The number of likely N-dealkylation sites (tertiary alicyclic amines) is 1. The molecule has 0 radical (unpaired) electrons. The number of ketones is 4. The normalized spacial score (nSPS) is 17.8. The van der Waals surface area contributed by atoms with Gasteiger partial charge in [-0.05, 0) is 43.6 Å². The Bertz CT molecular complexity index is 1640. The number of hydrogen-bond acceptors (Lipinski definition) is 9. The first-order valence-corrected chi connectivity index (χ1v) is 18.5. The van der Waals surface area contributed by atoms with E-state index < -0.39 is 59.7 Å². The molecule has 1 aliphatic rings. The molecule has 1 aromatic heterocycles. The minimum absolute atomic E-state index is 0.0575. The van der Waals surface area contributed by atoms with Crippen molar-refractivity contribution in [2.45, 2.75) is 98.6 Å². The third kappa shape index (κ3) is 11.6. The summed E-state index contributed by atoms with van der Waals surface area (Å²) in [5.41, 5.74) is 1.48. The summed E-state index contributed by atoms with van der Waals surface area (Å²) in [6.07, 6.45) is 4.45.